The molecule has 0 aliphatic carbocycles. The zero-order valence-corrected chi connectivity index (χ0v) is 17.8. The van der Waals surface area contributed by atoms with Crippen LogP contribution >= 0.6 is 11.6 Å². The van der Waals surface area contributed by atoms with Crippen molar-refractivity contribution in [3.8, 4) is 22.5 Å². The van der Waals surface area contributed by atoms with Crippen molar-refractivity contribution in [2.45, 2.75) is 11.1 Å². The first-order chi connectivity index (χ1) is 15.1. The van der Waals surface area contributed by atoms with E-state index in [1.165, 1.54) is 30.3 Å². The van der Waals surface area contributed by atoms with Crippen LogP contribution in [-0.4, -0.2) is 18.3 Å². The predicted molar refractivity (Wildman–Crippen MR) is 116 cm³/mol. The zero-order chi connectivity index (χ0) is 22.9. The minimum atomic E-state index is -4.55. The van der Waals surface area contributed by atoms with Crippen molar-refractivity contribution in [3.63, 3.8) is 0 Å². The third kappa shape index (κ3) is 4.63. The van der Waals surface area contributed by atoms with Gasteiger partial charge in [-0.05, 0) is 42.5 Å². The van der Waals surface area contributed by atoms with Gasteiger partial charge in [-0.2, -0.15) is 36.3 Å². The number of hydrogen-bond donors (Lipinski definition) is 1. The average Bonchev–Trinajstić information content (AvgIpc) is 3.17. The Hall–Kier alpha value is -3.30. The summed E-state index contributed by atoms with van der Waals surface area (Å²) in [4.78, 5) is 3.28. The van der Waals surface area contributed by atoms with E-state index in [0.717, 1.165) is 16.9 Å². The number of nitrogens with one attached hydrogen (secondary N) is 1. The fraction of sp³-hybridized carbons (Fsp3) is 0.0455. The lowest BCUT2D eigenvalue weighted by Crippen LogP contribution is -2.25. The van der Waals surface area contributed by atoms with Gasteiger partial charge in [0.2, 0.25) is 0 Å². The molecule has 0 unspecified atom stereocenters. The summed E-state index contributed by atoms with van der Waals surface area (Å²) in [5, 5.41) is 4.79. The van der Waals surface area contributed by atoms with Crippen LogP contribution < -0.4 is 4.83 Å². The highest BCUT2D eigenvalue weighted by atomic mass is 35.5. The van der Waals surface area contributed by atoms with Gasteiger partial charge >= 0.3 is 6.18 Å². The molecular weight excluding hydrogens is 463 g/mol. The Morgan fingerprint density at radius 2 is 1.53 bits per heavy atom. The van der Waals surface area contributed by atoms with E-state index in [4.69, 9.17) is 11.6 Å². The minimum absolute atomic E-state index is 0.0152. The molecule has 0 amide bonds. The smallest absolute Gasteiger partial charge is 0.200 e. The molecule has 0 aliphatic heterocycles. The second-order valence-corrected chi connectivity index (χ2v) is 8.92. The first-order valence-electron chi connectivity index (χ1n) is 9.25. The number of hydrogen-bond acceptors (Lipinski definition) is 3. The summed E-state index contributed by atoms with van der Waals surface area (Å²) < 4.78 is 65.4. The van der Waals surface area contributed by atoms with E-state index >= 15 is 0 Å². The molecule has 4 rings (SSSR count). The van der Waals surface area contributed by atoms with Gasteiger partial charge in [0, 0.05) is 16.1 Å². The van der Waals surface area contributed by atoms with Crippen LogP contribution in [0.25, 0.3) is 22.5 Å². The molecule has 1 heterocycles. The van der Waals surface area contributed by atoms with Gasteiger partial charge in [-0.25, -0.2) is 0 Å². The lowest BCUT2D eigenvalue weighted by Gasteiger charge is -2.12. The van der Waals surface area contributed by atoms with Crippen LogP contribution in [0.4, 0.5) is 13.2 Å². The maximum absolute atomic E-state index is 13.2. The number of sulfonamides is 1. The van der Waals surface area contributed by atoms with Crippen molar-refractivity contribution in [2.24, 2.45) is 0 Å². The Labute approximate surface area is 187 Å². The molecule has 0 saturated carbocycles. The molecule has 5 nitrogen and oxygen atoms in total. The minimum Gasteiger partial charge on any atom is -0.200 e. The lowest BCUT2D eigenvalue weighted by atomic mass is 10.1. The Kier molecular flexibility index (Phi) is 5.70. The SMILES string of the molecule is O=S(=O)(Nn1nc(-c2ccc(Cl)cc2)cc1-c1cccc(C(F)(F)F)c1)c1ccccc1. The van der Waals surface area contributed by atoms with E-state index in [0.29, 0.717) is 16.3 Å². The molecule has 0 saturated heterocycles. The lowest BCUT2D eigenvalue weighted by molar-refractivity contribution is -0.137. The fourth-order valence-corrected chi connectivity index (χ4v) is 4.15. The highest BCUT2D eigenvalue weighted by Gasteiger charge is 2.31. The topological polar surface area (TPSA) is 64.0 Å². The van der Waals surface area contributed by atoms with Gasteiger partial charge in [0.15, 0.2) is 0 Å². The molecule has 10 heteroatoms. The summed E-state index contributed by atoms with van der Waals surface area (Å²) in [5.74, 6) is 0. The molecule has 0 atom stereocenters. The van der Waals surface area contributed by atoms with E-state index in [2.05, 4.69) is 9.93 Å². The summed E-state index contributed by atoms with van der Waals surface area (Å²) in [5.41, 5.74) is 0.385. The number of nitrogens with zero attached hydrogens (tertiary/aromatic N) is 2. The first kappa shape index (κ1) is 21.9. The van der Waals surface area contributed by atoms with Crippen LogP contribution in [0.15, 0.2) is 89.8 Å². The molecule has 0 radical (unpaired) electrons. The highest BCUT2D eigenvalue weighted by Crippen LogP contribution is 2.33. The average molecular weight is 478 g/mol. The predicted octanol–water partition coefficient (Wildman–Crippen LogP) is 5.82. The molecule has 0 spiro atoms. The standard InChI is InChI=1S/C22H15ClF3N3O2S/c23-18-11-9-15(10-12-18)20-14-21(16-5-4-6-17(13-16)22(24,25)26)29(27-20)28-32(30,31)19-7-2-1-3-8-19/h1-14,28H. The fourth-order valence-electron chi connectivity index (χ4n) is 3.04. The van der Waals surface area contributed by atoms with Crippen molar-refractivity contribution in [3.05, 3.63) is 95.5 Å². The molecule has 1 aromatic heterocycles. The highest BCUT2D eigenvalue weighted by molar-refractivity contribution is 7.92. The van der Waals surface area contributed by atoms with Crippen LogP contribution in [0.3, 0.4) is 0 Å². The molecule has 4 aromatic rings. The quantitative estimate of drug-likeness (QED) is 0.394. The largest absolute Gasteiger partial charge is 0.416 e. The van der Waals surface area contributed by atoms with Gasteiger partial charge < -0.3 is 0 Å². The van der Waals surface area contributed by atoms with Crippen LogP contribution in [-0.2, 0) is 16.2 Å². The molecular formula is C22H15ClF3N3O2S. The molecule has 32 heavy (non-hydrogen) atoms. The van der Waals surface area contributed by atoms with Crippen molar-refractivity contribution in [1.29, 1.82) is 0 Å². The molecule has 0 fully saturated rings. The van der Waals surface area contributed by atoms with E-state index < -0.39 is 21.8 Å². The summed E-state index contributed by atoms with van der Waals surface area (Å²) in [6.45, 7) is 0. The number of benzene rings is 3. The third-order valence-electron chi connectivity index (χ3n) is 4.60. The van der Waals surface area contributed by atoms with E-state index in [1.807, 2.05) is 0 Å². The van der Waals surface area contributed by atoms with Gasteiger partial charge in [-0.1, -0.05) is 54.1 Å². The van der Waals surface area contributed by atoms with Gasteiger partial charge in [0.05, 0.1) is 21.8 Å². The summed E-state index contributed by atoms with van der Waals surface area (Å²) in [7, 11) is -4.05. The van der Waals surface area contributed by atoms with Crippen LogP contribution in [0.5, 0.6) is 0 Å². The molecule has 1 N–H and O–H groups in total. The van der Waals surface area contributed by atoms with Crippen molar-refractivity contribution >= 4 is 21.6 Å². The number of alkyl halides is 3. The van der Waals surface area contributed by atoms with Gasteiger partial charge in [-0.15, -0.1) is 0 Å². The number of rotatable bonds is 5. The Balaban J connectivity index is 1.84. The van der Waals surface area contributed by atoms with Gasteiger partial charge in [-0.3, -0.25) is 0 Å². The van der Waals surface area contributed by atoms with E-state index in [1.54, 1.807) is 42.5 Å². The third-order valence-corrected chi connectivity index (χ3v) is 6.15. The van der Waals surface area contributed by atoms with Crippen molar-refractivity contribution in [1.82, 2.24) is 9.89 Å². The molecule has 0 bridgehead atoms. The van der Waals surface area contributed by atoms with Gasteiger partial charge in [0.25, 0.3) is 10.0 Å². The number of aromatic nitrogens is 2. The normalized spacial score (nSPS) is 12.0. The Bertz CT molecular complexity index is 1350. The van der Waals surface area contributed by atoms with Gasteiger partial charge in [0.1, 0.15) is 0 Å². The van der Waals surface area contributed by atoms with Crippen molar-refractivity contribution < 1.29 is 21.6 Å². The van der Waals surface area contributed by atoms with Crippen LogP contribution in [0, 0.1) is 0 Å². The second-order valence-electron chi connectivity index (χ2n) is 6.82. The van der Waals surface area contributed by atoms with Crippen LogP contribution in [0.1, 0.15) is 5.56 Å². The van der Waals surface area contributed by atoms with E-state index in [9.17, 15) is 21.6 Å². The molecule has 0 aliphatic rings. The zero-order valence-electron chi connectivity index (χ0n) is 16.2. The first-order valence-corrected chi connectivity index (χ1v) is 11.1. The van der Waals surface area contributed by atoms with Crippen molar-refractivity contribution in [2.75, 3.05) is 4.83 Å². The summed E-state index contributed by atoms with van der Waals surface area (Å²) >= 11 is 5.92. The maximum Gasteiger partial charge on any atom is 0.416 e. The monoisotopic (exact) mass is 477 g/mol. The second kappa shape index (κ2) is 8.33. The number of halogens is 4. The Morgan fingerprint density at radius 1 is 0.844 bits per heavy atom. The Morgan fingerprint density at radius 3 is 2.19 bits per heavy atom. The van der Waals surface area contributed by atoms with Crippen LogP contribution in [0.2, 0.25) is 5.02 Å². The van der Waals surface area contributed by atoms with E-state index in [-0.39, 0.29) is 16.2 Å². The molecule has 164 valence electrons. The molecule has 3 aromatic carbocycles. The summed E-state index contributed by atoms with van der Waals surface area (Å²) in [6.07, 6.45) is -4.55. The summed E-state index contributed by atoms with van der Waals surface area (Å²) in [6, 6.07) is 20.3. The maximum atomic E-state index is 13.2.